The average molecular weight is 292 g/mol. The first-order chi connectivity index (χ1) is 10.2. The number of piperazine rings is 1. The van der Waals surface area contributed by atoms with Gasteiger partial charge >= 0.3 is 6.09 Å². The average Bonchev–Trinajstić information content (AvgIpc) is 2.52. The zero-order chi connectivity index (χ0) is 15.1. The molecule has 1 heterocycles. The molecule has 114 valence electrons. The van der Waals surface area contributed by atoms with Crippen molar-refractivity contribution in [2.24, 2.45) is 0 Å². The lowest BCUT2D eigenvalue weighted by molar-refractivity contribution is -0.128. The first kappa shape index (κ1) is 15.3. The molecule has 1 aromatic rings. The number of benzene rings is 1. The third-order valence-electron chi connectivity index (χ3n) is 3.41. The summed E-state index contributed by atoms with van der Waals surface area (Å²) in [5.41, 5.74) is 0.902. The fourth-order valence-electron chi connectivity index (χ4n) is 2.31. The summed E-state index contributed by atoms with van der Waals surface area (Å²) in [6.45, 7) is 1.03. The van der Waals surface area contributed by atoms with Gasteiger partial charge in [-0.2, -0.15) is 0 Å². The Bertz CT molecular complexity index is 478. The van der Waals surface area contributed by atoms with Crippen LogP contribution in [0.3, 0.4) is 0 Å². The molecule has 1 aliphatic heterocycles. The molecule has 0 aliphatic carbocycles. The van der Waals surface area contributed by atoms with Gasteiger partial charge in [0.1, 0.15) is 12.6 Å². The first-order valence-electron chi connectivity index (χ1n) is 7.08. The van der Waals surface area contributed by atoms with Gasteiger partial charge in [0.15, 0.2) is 0 Å². The summed E-state index contributed by atoms with van der Waals surface area (Å²) < 4.78 is 5.27. The van der Waals surface area contributed by atoms with Gasteiger partial charge in [0.2, 0.25) is 5.91 Å². The highest BCUT2D eigenvalue weighted by Crippen LogP contribution is 2.13. The highest BCUT2D eigenvalue weighted by molar-refractivity contribution is 5.86. The fraction of sp³-hybridized carbons (Fsp3) is 0.467. The van der Waals surface area contributed by atoms with Crippen molar-refractivity contribution in [2.75, 3.05) is 19.7 Å². The lowest BCUT2D eigenvalue weighted by atomic mass is 10.1. The predicted molar refractivity (Wildman–Crippen MR) is 76.5 cm³/mol. The van der Waals surface area contributed by atoms with Gasteiger partial charge in [-0.15, -0.1) is 0 Å². The van der Waals surface area contributed by atoms with E-state index >= 15 is 0 Å². The maximum absolute atomic E-state index is 12.2. The van der Waals surface area contributed by atoms with Crippen molar-refractivity contribution in [2.45, 2.75) is 25.5 Å². The predicted octanol–water partition coefficient (Wildman–Crippen LogP) is 0.896. The van der Waals surface area contributed by atoms with Crippen LogP contribution in [-0.4, -0.2) is 47.7 Å². The van der Waals surface area contributed by atoms with Gasteiger partial charge in [0.05, 0.1) is 0 Å². The second-order valence-electron chi connectivity index (χ2n) is 4.91. The molecule has 0 aromatic heterocycles. The van der Waals surface area contributed by atoms with Crippen molar-refractivity contribution in [3.8, 4) is 0 Å². The Labute approximate surface area is 123 Å². The van der Waals surface area contributed by atoms with Crippen LogP contribution in [-0.2, 0) is 16.1 Å². The summed E-state index contributed by atoms with van der Waals surface area (Å²) in [5, 5.41) is 11.6. The number of hydrogen-bond acceptors (Lipinski definition) is 4. The molecule has 1 atom stereocenters. The highest BCUT2D eigenvalue weighted by Gasteiger charge is 2.33. The minimum atomic E-state index is -0.561. The second-order valence-corrected chi connectivity index (χ2v) is 4.91. The Kier molecular flexibility index (Phi) is 5.57. The topological polar surface area (TPSA) is 78.9 Å². The lowest BCUT2D eigenvalue weighted by Crippen LogP contribution is -2.57. The Hall–Kier alpha value is -2.08. The van der Waals surface area contributed by atoms with Crippen molar-refractivity contribution in [3.05, 3.63) is 35.9 Å². The van der Waals surface area contributed by atoms with Crippen molar-refractivity contribution in [1.82, 2.24) is 10.2 Å². The summed E-state index contributed by atoms with van der Waals surface area (Å²) in [7, 11) is 0. The summed E-state index contributed by atoms with van der Waals surface area (Å²) in [5.74, 6) is -0.189. The van der Waals surface area contributed by atoms with Crippen LogP contribution in [0.5, 0.6) is 0 Å². The van der Waals surface area contributed by atoms with E-state index in [0.717, 1.165) is 5.56 Å². The molecule has 6 nitrogen and oxygen atoms in total. The molecule has 1 aromatic carbocycles. The van der Waals surface area contributed by atoms with Gasteiger partial charge in [-0.1, -0.05) is 30.3 Å². The molecule has 0 bridgehead atoms. The Morgan fingerprint density at radius 3 is 2.86 bits per heavy atom. The molecule has 6 heteroatoms. The molecule has 0 saturated carbocycles. The molecule has 1 saturated heterocycles. The number of rotatable bonds is 5. The smallest absolute Gasteiger partial charge is 0.410 e. The van der Waals surface area contributed by atoms with E-state index in [4.69, 9.17) is 9.84 Å². The largest absolute Gasteiger partial charge is 0.445 e. The van der Waals surface area contributed by atoms with E-state index in [2.05, 4.69) is 5.32 Å². The number of carbonyl (C=O) groups excluding carboxylic acids is 2. The number of carbonyl (C=O) groups is 2. The Morgan fingerprint density at radius 2 is 2.14 bits per heavy atom. The number of hydrogen-bond donors (Lipinski definition) is 2. The first-order valence-corrected chi connectivity index (χ1v) is 7.08. The normalized spacial score (nSPS) is 18.2. The van der Waals surface area contributed by atoms with E-state index in [9.17, 15) is 9.59 Å². The van der Waals surface area contributed by atoms with Crippen molar-refractivity contribution in [1.29, 1.82) is 0 Å². The van der Waals surface area contributed by atoms with Crippen LogP contribution in [0.25, 0.3) is 0 Å². The standard InChI is InChI=1S/C15H20N2O4/c18-10-4-7-13-14(19)16-8-9-17(13)15(20)21-11-12-5-2-1-3-6-12/h1-3,5-6,13,18H,4,7-11H2,(H,16,19). The van der Waals surface area contributed by atoms with Crippen LogP contribution < -0.4 is 5.32 Å². The summed E-state index contributed by atoms with van der Waals surface area (Å²) in [6.07, 6.45) is 0.417. The molecular formula is C15H20N2O4. The molecule has 0 radical (unpaired) electrons. The summed E-state index contributed by atoms with van der Waals surface area (Å²) in [4.78, 5) is 25.4. The molecule has 0 spiro atoms. The molecule has 2 N–H and O–H groups in total. The number of nitrogens with zero attached hydrogens (tertiary/aromatic N) is 1. The molecule has 21 heavy (non-hydrogen) atoms. The third-order valence-corrected chi connectivity index (χ3v) is 3.41. The van der Waals surface area contributed by atoms with Gasteiger partial charge in [0, 0.05) is 19.7 Å². The van der Waals surface area contributed by atoms with Crippen molar-refractivity contribution in [3.63, 3.8) is 0 Å². The van der Waals surface area contributed by atoms with Crippen LogP contribution in [0.2, 0.25) is 0 Å². The minimum absolute atomic E-state index is 0.00329. The van der Waals surface area contributed by atoms with Crippen molar-refractivity contribution >= 4 is 12.0 Å². The SMILES string of the molecule is O=C1NCCN(C(=O)OCc2ccccc2)C1CCCO. The Balaban J connectivity index is 1.93. The van der Waals surface area contributed by atoms with E-state index in [1.54, 1.807) is 0 Å². The van der Waals surface area contributed by atoms with E-state index in [1.807, 2.05) is 30.3 Å². The number of nitrogens with one attached hydrogen (secondary N) is 1. The molecule has 2 amide bonds. The monoisotopic (exact) mass is 292 g/mol. The molecule has 1 aliphatic rings. The molecule has 1 unspecified atom stereocenters. The van der Waals surface area contributed by atoms with Crippen LogP contribution in [0.4, 0.5) is 4.79 Å². The Morgan fingerprint density at radius 1 is 1.38 bits per heavy atom. The molecular weight excluding hydrogens is 272 g/mol. The van der Waals surface area contributed by atoms with Gasteiger partial charge in [-0.25, -0.2) is 4.79 Å². The highest BCUT2D eigenvalue weighted by atomic mass is 16.6. The number of ether oxygens (including phenoxy) is 1. The van der Waals surface area contributed by atoms with Crippen LogP contribution >= 0.6 is 0 Å². The summed E-state index contributed by atoms with van der Waals surface area (Å²) in [6, 6.07) is 8.84. The van der Waals surface area contributed by atoms with E-state index in [-0.39, 0.29) is 19.1 Å². The van der Waals surface area contributed by atoms with Gasteiger partial charge in [0.25, 0.3) is 0 Å². The zero-order valence-electron chi connectivity index (χ0n) is 11.8. The maximum atomic E-state index is 12.2. The van der Waals surface area contributed by atoms with Gasteiger partial charge in [-0.05, 0) is 18.4 Å². The molecule has 1 fully saturated rings. The quantitative estimate of drug-likeness (QED) is 0.845. The van der Waals surface area contributed by atoms with Crippen molar-refractivity contribution < 1.29 is 19.4 Å². The summed E-state index contributed by atoms with van der Waals surface area (Å²) >= 11 is 0. The van der Waals surface area contributed by atoms with Gasteiger partial charge < -0.3 is 15.2 Å². The number of amides is 2. The van der Waals surface area contributed by atoms with Crippen LogP contribution in [0.1, 0.15) is 18.4 Å². The van der Waals surface area contributed by atoms with Crippen LogP contribution in [0, 0.1) is 0 Å². The fourth-order valence-corrected chi connectivity index (χ4v) is 2.31. The third kappa shape index (κ3) is 4.19. The zero-order valence-corrected chi connectivity index (χ0v) is 11.8. The van der Waals surface area contributed by atoms with Crippen LogP contribution in [0.15, 0.2) is 30.3 Å². The lowest BCUT2D eigenvalue weighted by Gasteiger charge is -2.34. The van der Waals surface area contributed by atoms with E-state index in [0.29, 0.717) is 25.9 Å². The maximum Gasteiger partial charge on any atom is 0.410 e. The van der Waals surface area contributed by atoms with E-state index in [1.165, 1.54) is 4.90 Å². The van der Waals surface area contributed by atoms with E-state index < -0.39 is 12.1 Å². The number of aliphatic hydroxyl groups is 1. The second kappa shape index (κ2) is 7.64. The minimum Gasteiger partial charge on any atom is -0.445 e. The molecule has 2 rings (SSSR count). The van der Waals surface area contributed by atoms with Gasteiger partial charge in [-0.3, -0.25) is 9.69 Å². The number of aliphatic hydroxyl groups excluding tert-OH is 1.